The normalized spacial score (nSPS) is 11.7. The molecule has 0 spiro atoms. The van der Waals surface area contributed by atoms with Crippen LogP contribution in [0.4, 0.5) is 5.69 Å². The number of rotatable bonds is 6. The van der Waals surface area contributed by atoms with Crippen LogP contribution in [0.3, 0.4) is 0 Å². The largest absolute Gasteiger partial charge is 0.311 e. The van der Waals surface area contributed by atoms with Crippen LogP contribution in [-0.4, -0.2) is 35.4 Å². The number of anilines is 1. The first kappa shape index (κ1) is 13.6. The number of hydrogen-bond donors (Lipinski definition) is 4. The monoisotopic (exact) mass is 284 g/mol. The van der Waals surface area contributed by atoms with E-state index in [0.717, 1.165) is 6.54 Å². The molecule has 2 aromatic heterocycles. The molecule has 0 atom stereocenters. The highest BCUT2D eigenvalue weighted by Crippen LogP contribution is 2.20. The molecule has 0 aliphatic rings. The third kappa shape index (κ3) is 2.93. The SMILES string of the molecule is CCNCc1n[nH]c(C)c1S(=O)(=O)Nc1cn[nH]c1. The summed E-state index contributed by atoms with van der Waals surface area (Å²) in [5, 5.41) is 16.0. The molecule has 0 aromatic carbocycles. The van der Waals surface area contributed by atoms with Gasteiger partial charge in [-0.05, 0) is 13.5 Å². The fraction of sp³-hybridized carbons (Fsp3) is 0.400. The van der Waals surface area contributed by atoms with Crippen LogP contribution in [-0.2, 0) is 16.6 Å². The van der Waals surface area contributed by atoms with E-state index in [0.29, 0.717) is 23.6 Å². The summed E-state index contributed by atoms with van der Waals surface area (Å²) in [4.78, 5) is 0.176. The quantitative estimate of drug-likeness (QED) is 0.611. The zero-order valence-electron chi connectivity index (χ0n) is 10.7. The molecule has 0 bridgehead atoms. The van der Waals surface area contributed by atoms with Gasteiger partial charge in [0.05, 0.1) is 23.3 Å². The van der Waals surface area contributed by atoms with Gasteiger partial charge >= 0.3 is 0 Å². The van der Waals surface area contributed by atoms with Gasteiger partial charge in [-0.1, -0.05) is 6.92 Å². The molecule has 2 heterocycles. The molecule has 8 nitrogen and oxygen atoms in total. The zero-order chi connectivity index (χ0) is 13.9. The lowest BCUT2D eigenvalue weighted by Gasteiger charge is -2.07. The molecule has 2 aromatic rings. The molecular weight excluding hydrogens is 268 g/mol. The Hall–Kier alpha value is -1.87. The van der Waals surface area contributed by atoms with Crippen LogP contribution in [0.1, 0.15) is 18.3 Å². The summed E-state index contributed by atoms with van der Waals surface area (Å²) in [5.41, 5.74) is 1.36. The number of H-pyrrole nitrogens is 2. The summed E-state index contributed by atoms with van der Waals surface area (Å²) < 4.78 is 27.1. The molecule has 2 rings (SSSR count). The molecule has 0 unspecified atom stereocenters. The van der Waals surface area contributed by atoms with Crippen molar-refractivity contribution in [3.05, 3.63) is 23.8 Å². The summed E-state index contributed by atoms with van der Waals surface area (Å²) >= 11 is 0. The molecular formula is C10H16N6O2S. The molecule has 9 heteroatoms. The van der Waals surface area contributed by atoms with E-state index < -0.39 is 10.0 Å². The predicted octanol–water partition coefficient (Wildman–Crippen LogP) is 0.352. The summed E-state index contributed by atoms with van der Waals surface area (Å²) in [6, 6.07) is 0. The minimum Gasteiger partial charge on any atom is -0.311 e. The number of sulfonamides is 1. The predicted molar refractivity (Wildman–Crippen MR) is 70.1 cm³/mol. The second-order valence-electron chi connectivity index (χ2n) is 4.00. The van der Waals surface area contributed by atoms with Gasteiger partial charge < -0.3 is 5.32 Å². The van der Waals surface area contributed by atoms with Crippen molar-refractivity contribution in [2.75, 3.05) is 11.3 Å². The van der Waals surface area contributed by atoms with Gasteiger partial charge in [-0.3, -0.25) is 14.9 Å². The Balaban J connectivity index is 2.31. The third-order valence-electron chi connectivity index (χ3n) is 2.52. The second kappa shape index (κ2) is 5.41. The van der Waals surface area contributed by atoms with Gasteiger partial charge in [0.1, 0.15) is 4.90 Å². The number of nitrogens with zero attached hydrogens (tertiary/aromatic N) is 2. The first-order valence-electron chi connectivity index (χ1n) is 5.80. The van der Waals surface area contributed by atoms with E-state index in [9.17, 15) is 8.42 Å². The van der Waals surface area contributed by atoms with Crippen LogP contribution in [0.15, 0.2) is 17.3 Å². The lowest BCUT2D eigenvalue weighted by Crippen LogP contribution is -2.18. The van der Waals surface area contributed by atoms with E-state index in [1.54, 1.807) is 6.92 Å². The summed E-state index contributed by atoms with van der Waals surface area (Å²) in [6.45, 7) is 4.74. The molecule has 0 saturated carbocycles. The molecule has 19 heavy (non-hydrogen) atoms. The Morgan fingerprint density at radius 3 is 2.84 bits per heavy atom. The summed E-state index contributed by atoms with van der Waals surface area (Å²) in [6.07, 6.45) is 2.87. The maximum Gasteiger partial charge on any atom is 0.265 e. The Morgan fingerprint density at radius 2 is 2.21 bits per heavy atom. The highest BCUT2D eigenvalue weighted by atomic mass is 32.2. The molecule has 0 radical (unpaired) electrons. The summed E-state index contributed by atoms with van der Waals surface area (Å²) in [5.74, 6) is 0. The molecule has 104 valence electrons. The van der Waals surface area contributed by atoms with Crippen LogP contribution in [0.2, 0.25) is 0 Å². The van der Waals surface area contributed by atoms with Crippen molar-refractivity contribution < 1.29 is 8.42 Å². The highest BCUT2D eigenvalue weighted by molar-refractivity contribution is 7.92. The highest BCUT2D eigenvalue weighted by Gasteiger charge is 2.24. The minimum atomic E-state index is -3.68. The lowest BCUT2D eigenvalue weighted by molar-refractivity contribution is 0.597. The fourth-order valence-electron chi connectivity index (χ4n) is 1.70. The van der Waals surface area contributed by atoms with Crippen molar-refractivity contribution >= 4 is 15.7 Å². The van der Waals surface area contributed by atoms with E-state index in [-0.39, 0.29) is 4.90 Å². The maximum absolute atomic E-state index is 12.3. The third-order valence-corrected chi connectivity index (χ3v) is 4.11. The van der Waals surface area contributed by atoms with E-state index in [4.69, 9.17) is 0 Å². The average Bonchev–Trinajstić information content (AvgIpc) is 2.95. The van der Waals surface area contributed by atoms with Crippen LogP contribution < -0.4 is 10.0 Å². The van der Waals surface area contributed by atoms with Gasteiger partial charge in [0, 0.05) is 12.7 Å². The number of aromatic nitrogens is 4. The Kier molecular flexibility index (Phi) is 3.86. The molecule has 0 amide bonds. The molecule has 0 saturated heterocycles. The van der Waals surface area contributed by atoms with Crippen molar-refractivity contribution in [2.24, 2.45) is 0 Å². The molecule has 0 aliphatic heterocycles. The number of aryl methyl sites for hydroxylation is 1. The van der Waals surface area contributed by atoms with E-state index in [2.05, 4.69) is 30.4 Å². The number of aromatic amines is 2. The maximum atomic E-state index is 12.3. The van der Waals surface area contributed by atoms with Crippen molar-refractivity contribution in [1.29, 1.82) is 0 Å². The standard InChI is InChI=1S/C10H16N6O2S/c1-3-11-6-9-10(7(2)14-15-9)19(17,18)16-8-4-12-13-5-8/h4-5,11,16H,3,6H2,1-2H3,(H,12,13)(H,14,15). The Labute approximate surface area is 111 Å². The average molecular weight is 284 g/mol. The van der Waals surface area contributed by atoms with Crippen molar-refractivity contribution in [3.63, 3.8) is 0 Å². The van der Waals surface area contributed by atoms with E-state index in [1.165, 1.54) is 12.4 Å². The van der Waals surface area contributed by atoms with Crippen LogP contribution >= 0.6 is 0 Å². The Bertz CT molecular complexity index is 631. The van der Waals surface area contributed by atoms with Crippen molar-refractivity contribution in [3.8, 4) is 0 Å². The Morgan fingerprint density at radius 1 is 1.42 bits per heavy atom. The van der Waals surface area contributed by atoms with Crippen LogP contribution in [0.25, 0.3) is 0 Å². The minimum absolute atomic E-state index is 0.176. The topological polar surface area (TPSA) is 116 Å². The lowest BCUT2D eigenvalue weighted by atomic mass is 10.3. The van der Waals surface area contributed by atoms with Crippen molar-refractivity contribution in [2.45, 2.75) is 25.3 Å². The van der Waals surface area contributed by atoms with Gasteiger partial charge in [0.15, 0.2) is 0 Å². The smallest absolute Gasteiger partial charge is 0.265 e. The molecule has 0 fully saturated rings. The van der Waals surface area contributed by atoms with E-state index >= 15 is 0 Å². The second-order valence-corrected chi connectivity index (χ2v) is 5.62. The number of nitrogens with one attached hydrogen (secondary N) is 4. The van der Waals surface area contributed by atoms with Gasteiger partial charge in [0.25, 0.3) is 10.0 Å². The zero-order valence-corrected chi connectivity index (χ0v) is 11.5. The van der Waals surface area contributed by atoms with Crippen LogP contribution in [0, 0.1) is 6.92 Å². The fourth-order valence-corrected chi connectivity index (χ4v) is 3.10. The summed E-state index contributed by atoms with van der Waals surface area (Å²) in [7, 11) is -3.68. The van der Waals surface area contributed by atoms with Gasteiger partial charge in [-0.15, -0.1) is 0 Å². The van der Waals surface area contributed by atoms with Crippen LogP contribution in [0.5, 0.6) is 0 Å². The van der Waals surface area contributed by atoms with Gasteiger partial charge in [-0.25, -0.2) is 8.42 Å². The first-order chi connectivity index (χ1) is 9.04. The van der Waals surface area contributed by atoms with Gasteiger partial charge in [-0.2, -0.15) is 10.2 Å². The number of hydrogen-bond acceptors (Lipinski definition) is 5. The van der Waals surface area contributed by atoms with E-state index in [1.807, 2.05) is 6.92 Å². The molecule has 4 N–H and O–H groups in total. The van der Waals surface area contributed by atoms with Gasteiger partial charge in [0.2, 0.25) is 0 Å². The molecule has 0 aliphatic carbocycles. The first-order valence-corrected chi connectivity index (χ1v) is 7.29. The van der Waals surface area contributed by atoms with Crippen molar-refractivity contribution in [1.82, 2.24) is 25.7 Å².